The topological polar surface area (TPSA) is 12.5 Å². The van der Waals surface area contributed by atoms with Crippen LogP contribution in [-0.2, 0) is 0 Å². The van der Waals surface area contributed by atoms with Crippen molar-refractivity contribution >= 4 is 11.4 Å². The number of ether oxygens (including phenoxy) is 1. The fraction of sp³-hybridized carbons (Fsp3) is 0.538. The lowest BCUT2D eigenvalue weighted by atomic mass is 10.2. The Hall–Kier alpha value is -2.04. The molecule has 0 aliphatic rings. The van der Waals surface area contributed by atoms with Crippen molar-refractivity contribution in [3.05, 3.63) is 54.6 Å². The fourth-order valence-corrected chi connectivity index (χ4v) is 3.60. The summed E-state index contributed by atoms with van der Waals surface area (Å²) in [7, 11) is 4.65. The number of para-hydroxylation sites is 3. The molecule has 0 saturated carbocycles. The lowest BCUT2D eigenvalue weighted by molar-refractivity contribution is -0.906. The molecule has 2 aromatic rings. The Balaban J connectivity index is 2.26. The molecule has 166 valence electrons. The molecule has 0 saturated heterocycles. The molecular weight excluding hydrogens is 370 g/mol. The van der Waals surface area contributed by atoms with E-state index in [0.717, 1.165) is 72.8 Å². The highest BCUT2D eigenvalue weighted by Gasteiger charge is 2.22. The zero-order valence-corrected chi connectivity index (χ0v) is 20.1. The molecule has 0 N–H and O–H groups in total. The second-order valence-corrected chi connectivity index (χ2v) is 8.75. The van der Waals surface area contributed by atoms with E-state index in [1.165, 1.54) is 5.69 Å². The van der Waals surface area contributed by atoms with Crippen LogP contribution in [0, 0.1) is 0 Å². The minimum absolute atomic E-state index is 0.732. The van der Waals surface area contributed by atoms with Gasteiger partial charge in [0.2, 0.25) is 0 Å². The summed E-state index contributed by atoms with van der Waals surface area (Å²) in [5.74, 6) is 0.974. The number of likely N-dealkylation sites (N-methyl/N-ethyl adjacent to an activating group) is 2. The molecule has 0 atom stereocenters. The van der Waals surface area contributed by atoms with E-state index in [4.69, 9.17) is 4.74 Å². The quantitative estimate of drug-likeness (QED) is 0.420. The van der Waals surface area contributed by atoms with Gasteiger partial charge in [0.15, 0.2) is 0 Å². The van der Waals surface area contributed by atoms with Crippen LogP contribution in [-0.4, -0.2) is 75.5 Å². The summed E-state index contributed by atoms with van der Waals surface area (Å²) >= 11 is 0. The number of quaternary nitrogens is 2. The molecule has 0 aromatic heterocycles. The lowest BCUT2D eigenvalue weighted by Crippen LogP contribution is -2.48. The van der Waals surface area contributed by atoms with Crippen LogP contribution in [0.5, 0.6) is 5.75 Å². The van der Waals surface area contributed by atoms with Crippen LogP contribution in [0.2, 0.25) is 0 Å². The first-order chi connectivity index (χ1) is 14.4. The summed E-state index contributed by atoms with van der Waals surface area (Å²) < 4.78 is 8.46. The van der Waals surface area contributed by atoms with Crippen LogP contribution in [0.1, 0.15) is 27.7 Å². The zero-order valence-electron chi connectivity index (χ0n) is 20.1. The van der Waals surface area contributed by atoms with Gasteiger partial charge in [0.25, 0.3) is 0 Å². The normalized spacial score (nSPS) is 12.1. The number of nitrogens with zero attached hydrogens (tertiary/aromatic N) is 3. The van der Waals surface area contributed by atoms with Crippen LogP contribution in [0.4, 0.5) is 11.4 Å². The average molecular weight is 414 g/mol. The summed E-state index contributed by atoms with van der Waals surface area (Å²) in [5.41, 5.74) is 2.37. The molecule has 0 fully saturated rings. The third kappa shape index (κ3) is 6.48. The second-order valence-electron chi connectivity index (χ2n) is 8.75. The monoisotopic (exact) mass is 413 g/mol. The number of anilines is 2. The van der Waals surface area contributed by atoms with E-state index in [1.807, 2.05) is 0 Å². The largest absolute Gasteiger partial charge is 0.486 e. The highest BCUT2D eigenvalue weighted by molar-refractivity contribution is 5.69. The Morgan fingerprint density at radius 1 is 0.700 bits per heavy atom. The summed E-state index contributed by atoms with van der Waals surface area (Å²) in [4.78, 5) is 2.42. The smallest absolute Gasteiger partial charge is 0.143 e. The van der Waals surface area contributed by atoms with E-state index in [1.54, 1.807) is 0 Å². The van der Waals surface area contributed by atoms with Crippen molar-refractivity contribution in [2.45, 2.75) is 27.7 Å². The van der Waals surface area contributed by atoms with Crippen molar-refractivity contribution in [1.29, 1.82) is 0 Å². The van der Waals surface area contributed by atoms with Gasteiger partial charge in [0.05, 0.1) is 59.1 Å². The van der Waals surface area contributed by atoms with Gasteiger partial charge >= 0.3 is 0 Å². The Bertz CT molecular complexity index is 739. The molecular formula is C26H43N3O+2. The van der Waals surface area contributed by atoms with Crippen molar-refractivity contribution in [2.75, 3.05) is 71.4 Å². The third-order valence-corrected chi connectivity index (χ3v) is 7.03. The van der Waals surface area contributed by atoms with Gasteiger partial charge < -0.3 is 18.6 Å². The predicted octanol–water partition coefficient (Wildman–Crippen LogP) is 5.18. The van der Waals surface area contributed by atoms with E-state index >= 15 is 0 Å². The molecule has 0 radical (unpaired) electrons. The first-order valence-corrected chi connectivity index (χ1v) is 11.6. The number of hydrogen-bond donors (Lipinski definition) is 0. The van der Waals surface area contributed by atoms with Crippen molar-refractivity contribution in [3.8, 4) is 5.75 Å². The lowest BCUT2D eigenvalue weighted by Gasteiger charge is -2.36. The van der Waals surface area contributed by atoms with Crippen LogP contribution < -0.4 is 9.64 Å². The van der Waals surface area contributed by atoms with Gasteiger partial charge in [-0.15, -0.1) is 0 Å². The van der Waals surface area contributed by atoms with Crippen LogP contribution in [0.3, 0.4) is 0 Å². The summed E-state index contributed by atoms with van der Waals surface area (Å²) in [6.45, 7) is 17.4. The Labute approximate surface area is 184 Å². The molecule has 4 heteroatoms. The van der Waals surface area contributed by atoms with Gasteiger partial charge in [0, 0.05) is 5.69 Å². The molecule has 0 unspecified atom stereocenters. The zero-order chi connectivity index (χ0) is 22.0. The third-order valence-electron chi connectivity index (χ3n) is 7.03. The Kier molecular flexibility index (Phi) is 9.19. The maximum Gasteiger partial charge on any atom is 0.143 e. The van der Waals surface area contributed by atoms with Crippen molar-refractivity contribution in [1.82, 2.24) is 0 Å². The maximum atomic E-state index is 6.36. The van der Waals surface area contributed by atoms with Gasteiger partial charge in [0.1, 0.15) is 18.9 Å². The molecule has 0 aliphatic carbocycles. The minimum atomic E-state index is 0.732. The number of rotatable bonds is 13. The summed E-state index contributed by atoms with van der Waals surface area (Å²) in [6, 6.07) is 19.2. The van der Waals surface area contributed by atoms with E-state index in [9.17, 15) is 0 Å². The molecule has 30 heavy (non-hydrogen) atoms. The van der Waals surface area contributed by atoms with E-state index in [0.29, 0.717) is 0 Å². The van der Waals surface area contributed by atoms with Crippen LogP contribution in [0.15, 0.2) is 54.6 Å². The molecule has 0 amide bonds. The number of hydrogen-bond acceptors (Lipinski definition) is 2. The van der Waals surface area contributed by atoms with Crippen LogP contribution >= 0.6 is 0 Å². The molecule has 4 nitrogen and oxygen atoms in total. The van der Waals surface area contributed by atoms with Crippen molar-refractivity contribution < 1.29 is 13.7 Å². The van der Waals surface area contributed by atoms with Gasteiger partial charge in [-0.05, 0) is 52.0 Å². The first-order valence-electron chi connectivity index (χ1n) is 11.6. The maximum absolute atomic E-state index is 6.36. The van der Waals surface area contributed by atoms with Gasteiger partial charge in [-0.25, -0.2) is 0 Å². The SMILES string of the molecule is CC[N+](C)(CC)CCOc1ccccc1N(CC[N+](C)(CC)CC)c1ccccc1. The van der Waals surface area contributed by atoms with Gasteiger partial charge in [-0.3, -0.25) is 0 Å². The standard InChI is InChI=1S/C26H43N3O/c1-7-28(5,8-2)21-20-27(24-16-12-11-13-17-24)25-18-14-15-19-26(25)30-23-22-29(6,9-3)10-4/h11-19H,7-10,20-23H2,1-6H3/q+2. The van der Waals surface area contributed by atoms with E-state index < -0.39 is 0 Å². The summed E-state index contributed by atoms with van der Waals surface area (Å²) in [5, 5.41) is 0. The van der Waals surface area contributed by atoms with E-state index in [2.05, 4.69) is 101 Å². The van der Waals surface area contributed by atoms with Crippen molar-refractivity contribution in [3.63, 3.8) is 0 Å². The molecule has 0 aliphatic heterocycles. The first kappa shape index (κ1) is 24.2. The molecule has 0 spiro atoms. The van der Waals surface area contributed by atoms with Crippen molar-refractivity contribution in [2.24, 2.45) is 0 Å². The summed E-state index contributed by atoms with van der Waals surface area (Å²) in [6.07, 6.45) is 0. The Morgan fingerprint density at radius 3 is 1.83 bits per heavy atom. The van der Waals surface area contributed by atoms with Gasteiger partial charge in [-0.2, -0.15) is 0 Å². The van der Waals surface area contributed by atoms with Crippen LogP contribution in [0.25, 0.3) is 0 Å². The fourth-order valence-electron chi connectivity index (χ4n) is 3.60. The Morgan fingerprint density at radius 2 is 1.23 bits per heavy atom. The molecule has 2 rings (SSSR count). The van der Waals surface area contributed by atoms with E-state index in [-0.39, 0.29) is 0 Å². The molecule has 2 aromatic carbocycles. The average Bonchev–Trinajstić information content (AvgIpc) is 2.80. The highest BCUT2D eigenvalue weighted by atomic mass is 16.5. The van der Waals surface area contributed by atoms with Gasteiger partial charge in [-0.1, -0.05) is 30.3 Å². The predicted molar refractivity (Wildman–Crippen MR) is 130 cm³/mol. The molecule has 0 heterocycles. The highest BCUT2D eigenvalue weighted by Crippen LogP contribution is 2.33. The minimum Gasteiger partial charge on any atom is -0.486 e. The second kappa shape index (κ2) is 11.4. The number of benzene rings is 2. The molecule has 0 bridgehead atoms.